The van der Waals surface area contributed by atoms with E-state index >= 15 is 0 Å². The van der Waals surface area contributed by atoms with Crippen molar-refractivity contribution in [2.75, 3.05) is 0 Å². The maximum atomic E-state index is 13.1. The van der Waals surface area contributed by atoms with Crippen LogP contribution in [0.3, 0.4) is 0 Å². The molecule has 0 amide bonds. The molecule has 0 bridgehead atoms. The second kappa shape index (κ2) is 7.01. The van der Waals surface area contributed by atoms with E-state index in [0.717, 1.165) is 0 Å². The molecule has 0 aliphatic carbocycles. The number of carboxylic acids is 1. The van der Waals surface area contributed by atoms with Gasteiger partial charge in [0.05, 0.1) is 5.39 Å². The normalized spacial score (nSPS) is 12.0. The fourth-order valence-corrected chi connectivity index (χ4v) is 3.77. The Balaban J connectivity index is 2.11. The predicted octanol–water partition coefficient (Wildman–Crippen LogP) is 3.97. The van der Waals surface area contributed by atoms with Crippen LogP contribution in [-0.4, -0.2) is 31.6 Å². The number of halogens is 3. The smallest absolute Gasteiger partial charge is 0.408 e. The van der Waals surface area contributed by atoms with Gasteiger partial charge < -0.3 is 9.67 Å². The Labute approximate surface area is 167 Å². The average molecular weight is 415 g/mol. The van der Waals surface area contributed by atoms with Crippen LogP contribution in [-0.2, 0) is 17.9 Å². The molecule has 1 N–H and O–H groups in total. The van der Waals surface area contributed by atoms with E-state index in [1.54, 1.807) is 54.0 Å². The van der Waals surface area contributed by atoms with Crippen LogP contribution in [0.15, 0.2) is 53.3 Å². The summed E-state index contributed by atoms with van der Waals surface area (Å²) in [5.74, 6) is -1.05. The first-order valence-corrected chi connectivity index (χ1v) is 9.04. The van der Waals surface area contributed by atoms with Gasteiger partial charge >= 0.3 is 12.1 Å². The minimum absolute atomic E-state index is 0.112. The van der Waals surface area contributed by atoms with Gasteiger partial charge in [-0.2, -0.15) is 18.3 Å². The van der Waals surface area contributed by atoms with E-state index in [1.807, 2.05) is 0 Å². The maximum Gasteiger partial charge on any atom is 0.408 e. The van der Waals surface area contributed by atoms with Gasteiger partial charge in [0.2, 0.25) is 0 Å². The van der Waals surface area contributed by atoms with Crippen molar-refractivity contribution in [1.29, 1.82) is 0 Å². The van der Waals surface area contributed by atoms with Crippen LogP contribution in [0, 0.1) is 6.92 Å². The fraction of sp³-hybridized carbons (Fsp3) is 0.190. The van der Waals surface area contributed by atoms with Crippen LogP contribution in [0.25, 0.3) is 32.9 Å². The molecule has 2 heterocycles. The van der Waals surface area contributed by atoms with Crippen molar-refractivity contribution in [3.63, 3.8) is 0 Å². The van der Waals surface area contributed by atoms with E-state index in [2.05, 4.69) is 5.10 Å². The van der Waals surface area contributed by atoms with Gasteiger partial charge in [-0.15, -0.1) is 0 Å². The molecule has 0 unspecified atom stereocenters. The Hall–Kier alpha value is -3.62. The molecule has 0 fully saturated rings. The lowest BCUT2D eigenvalue weighted by Gasteiger charge is -2.13. The van der Waals surface area contributed by atoms with Gasteiger partial charge in [-0.05, 0) is 19.1 Å². The quantitative estimate of drug-likeness (QED) is 0.547. The van der Waals surface area contributed by atoms with Gasteiger partial charge in [0.15, 0.2) is 0 Å². The SMILES string of the molecule is Cc1c(-c2nn(CC(F)(F)F)c(=O)c3ccccc23)c2ccccc2n1CC(=O)O. The van der Waals surface area contributed by atoms with Gasteiger partial charge in [-0.3, -0.25) is 9.59 Å². The number of alkyl halides is 3. The highest BCUT2D eigenvalue weighted by Crippen LogP contribution is 2.36. The highest BCUT2D eigenvalue weighted by Gasteiger charge is 2.30. The van der Waals surface area contributed by atoms with Gasteiger partial charge in [0.1, 0.15) is 18.8 Å². The van der Waals surface area contributed by atoms with Crippen molar-refractivity contribution in [3.8, 4) is 11.3 Å². The van der Waals surface area contributed by atoms with E-state index in [9.17, 15) is 27.9 Å². The van der Waals surface area contributed by atoms with Crippen LogP contribution < -0.4 is 5.56 Å². The molecule has 2 aromatic heterocycles. The Morgan fingerprint density at radius 3 is 2.27 bits per heavy atom. The number of carbonyl (C=O) groups is 1. The third kappa shape index (κ3) is 3.32. The largest absolute Gasteiger partial charge is 0.480 e. The van der Waals surface area contributed by atoms with Crippen LogP contribution in [0.1, 0.15) is 5.69 Å². The lowest BCUT2D eigenvalue weighted by atomic mass is 10.0. The summed E-state index contributed by atoms with van der Waals surface area (Å²) in [6.45, 7) is -0.142. The molecule has 0 aliphatic rings. The summed E-state index contributed by atoms with van der Waals surface area (Å²) in [6, 6.07) is 13.3. The predicted molar refractivity (Wildman–Crippen MR) is 105 cm³/mol. The van der Waals surface area contributed by atoms with Crippen molar-refractivity contribution in [1.82, 2.24) is 14.3 Å². The Morgan fingerprint density at radius 1 is 1.03 bits per heavy atom. The van der Waals surface area contributed by atoms with Crippen LogP contribution in [0.2, 0.25) is 0 Å². The number of nitrogens with zero attached hydrogens (tertiary/aromatic N) is 3. The van der Waals surface area contributed by atoms with Crippen molar-refractivity contribution in [3.05, 3.63) is 64.6 Å². The van der Waals surface area contributed by atoms with E-state index in [1.165, 1.54) is 6.07 Å². The van der Waals surface area contributed by atoms with E-state index in [-0.39, 0.29) is 17.6 Å². The van der Waals surface area contributed by atoms with Crippen molar-refractivity contribution >= 4 is 27.6 Å². The monoisotopic (exact) mass is 415 g/mol. The maximum absolute atomic E-state index is 13.1. The summed E-state index contributed by atoms with van der Waals surface area (Å²) < 4.78 is 41.2. The number of rotatable bonds is 4. The molecule has 4 aromatic rings. The molecule has 0 radical (unpaired) electrons. The number of para-hydroxylation sites is 1. The molecule has 0 aliphatic heterocycles. The van der Waals surface area contributed by atoms with Crippen LogP contribution in [0.4, 0.5) is 13.2 Å². The number of hydrogen-bond donors (Lipinski definition) is 1. The first kappa shape index (κ1) is 19.7. The molecule has 0 saturated heterocycles. The zero-order valence-corrected chi connectivity index (χ0v) is 15.8. The molecule has 2 aromatic carbocycles. The molecule has 30 heavy (non-hydrogen) atoms. The topological polar surface area (TPSA) is 77.1 Å². The molecule has 6 nitrogen and oxygen atoms in total. The van der Waals surface area contributed by atoms with E-state index in [0.29, 0.717) is 32.2 Å². The fourth-order valence-electron chi connectivity index (χ4n) is 3.77. The minimum Gasteiger partial charge on any atom is -0.480 e. The van der Waals surface area contributed by atoms with Gasteiger partial charge in [-0.1, -0.05) is 36.4 Å². The Morgan fingerprint density at radius 2 is 1.63 bits per heavy atom. The number of benzene rings is 2. The van der Waals surface area contributed by atoms with Crippen molar-refractivity contribution in [2.45, 2.75) is 26.2 Å². The lowest BCUT2D eigenvalue weighted by Crippen LogP contribution is -2.30. The molecule has 0 saturated carbocycles. The summed E-state index contributed by atoms with van der Waals surface area (Å²) in [5, 5.41) is 14.5. The summed E-state index contributed by atoms with van der Waals surface area (Å²) in [4.78, 5) is 24.0. The first-order valence-electron chi connectivity index (χ1n) is 9.04. The summed E-state index contributed by atoms with van der Waals surface area (Å²) in [7, 11) is 0. The number of carboxylic acid groups (broad SMARTS) is 1. The van der Waals surface area contributed by atoms with E-state index in [4.69, 9.17) is 0 Å². The van der Waals surface area contributed by atoms with Crippen LogP contribution in [0.5, 0.6) is 0 Å². The van der Waals surface area contributed by atoms with Crippen LogP contribution >= 0.6 is 0 Å². The number of aliphatic carboxylic acids is 1. The number of aromatic nitrogens is 3. The second-order valence-corrected chi connectivity index (χ2v) is 6.93. The molecule has 9 heteroatoms. The second-order valence-electron chi connectivity index (χ2n) is 6.93. The standard InChI is InChI=1S/C21H16F3N3O3/c1-12-18(15-8-4-5-9-16(15)26(12)10-17(28)29)19-13-6-2-3-7-14(13)20(30)27(25-19)11-21(22,23)24/h2-9H,10-11H2,1H3,(H,28,29). The van der Waals surface area contributed by atoms with Gasteiger partial charge in [0, 0.05) is 27.5 Å². The molecular formula is C21H16F3N3O3. The average Bonchev–Trinajstić information content (AvgIpc) is 2.95. The zero-order chi connectivity index (χ0) is 21.6. The molecule has 0 atom stereocenters. The zero-order valence-electron chi connectivity index (χ0n) is 15.8. The third-order valence-corrected chi connectivity index (χ3v) is 4.96. The van der Waals surface area contributed by atoms with Crippen molar-refractivity contribution in [2.24, 2.45) is 0 Å². The molecule has 154 valence electrons. The molecule has 4 rings (SSSR count). The highest BCUT2D eigenvalue weighted by atomic mass is 19.4. The minimum atomic E-state index is -4.62. The van der Waals surface area contributed by atoms with E-state index < -0.39 is 24.2 Å². The number of hydrogen-bond acceptors (Lipinski definition) is 3. The summed E-state index contributed by atoms with van der Waals surface area (Å²) >= 11 is 0. The summed E-state index contributed by atoms with van der Waals surface area (Å²) in [5.41, 5.74) is 1.02. The summed E-state index contributed by atoms with van der Waals surface area (Å²) in [6.07, 6.45) is -4.62. The third-order valence-electron chi connectivity index (χ3n) is 4.96. The van der Waals surface area contributed by atoms with Gasteiger partial charge in [0.25, 0.3) is 5.56 Å². The molecule has 0 spiro atoms. The Bertz CT molecular complexity index is 1350. The van der Waals surface area contributed by atoms with Gasteiger partial charge in [-0.25, -0.2) is 4.68 Å². The lowest BCUT2D eigenvalue weighted by molar-refractivity contribution is -0.143. The van der Waals surface area contributed by atoms with Crippen molar-refractivity contribution < 1.29 is 23.1 Å². The molecular weight excluding hydrogens is 399 g/mol. The Kier molecular flexibility index (Phi) is 4.60. The number of fused-ring (bicyclic) bond motifs is 2. The first-order chi connectivity index (χ1) is 14.2. The highest BCUT2D eigenvalue weighted by molar-refractivity contribution is 6.05.